The van der Waals surface area contributed by atoms with Crippen molar-refractivity contribution in [1.82, 2.24) is 14.7 Å². The van der Waals surface area contributed by atoms with E-state index in [0.717, 1.165) is 32.7 Å². The zero-order chi connectivity index (χ0) is 14.4. The number of carbonyl (C=O) groups excluding carboxylic acids is 1. The molecule has 6 heteroatoms. The minimum absolute atomic E-state index is 0.175. The molecule has 1 aliphatic heterocycles. The number of thiophene rings is 1. The lowest BCUT2D eigenvalue weighted by molar-refractivity contribution is -0.132. The molecule has 20 heavy (non-hydrogen) atoms. The number of piperazine rings is 1. The Kier molecular flexibility index (Phi) is 5.97. The fourth-order valence-electron chi connectivity index (χ4n) is 2.35. The van der Waals surface area contributed by atoms with Gasteiger partial charge in [-0.3, -0.25) is 14.6 Å². The monoisotopic (exact) mass is 297 g/mol. The summed E-state index contributed by atoms with van der Waals surface area (Å²) in [7, 11) is 1.87. The van der Waals surface area contributed by atoms with E-state index in [4.69, 9.17) is 5.11 Å². The van der Waals surface area contributed by atoms with Gasteiger partial charge in [0.15, 0.2) is 0 Å². The maximum atomic E-state index is 12.2. The van der Waals surface area contributed by atoms with Gasteiger partial charge >= 0.3 is 0 Å². The van der Waals surface area contributed by atoms with E-state index < -0.39 is 0 Å². The molecule has 2 rings (SSSR count). The third-order valence-corrected chi connectivity index (χ3v) is 4.50. The van der Waals surface area contributed by atoms with Crippen molar-refractivity contribution in [2.75, 3.05) is 52.9 Å². The van der Waals surface area contributed by atoms with Gasteiger partial charge in [0.1, 0.15) is 0 Å². The van der Waals surface area contributed by atoms with Crippen LogP contribution in [0.4, 0.5) is 0 Å². The van der Waals surface area contributed by atoms with Crippen LogP contribution in [0.25, 0.3) is 0 Å². The molecule has 1 fully saturated rings. The van der Waals surface area contributed by atoms with Crippen LogP contribution in [0.5, 0.6) is 0 Å². The molecule has 1 aliphatic rings. The quantitative estimate of drug-likeness (QED) is 0.821. The van der Waals surface area contributed by atoms with Crippen LogP contribution in [-0.4, -0.2) is 78.6 Å². The van der Waals surface area contributed by atoms with Crippen LogP contribution in [0.3, 0.4) is 0 Å². The number of nitrogens with zero attached hydrogens (tertiary/aromatic N) is 3. The Morgan fingerprint density at radius 3 is 2.65 bits per heavy atom. The average Bonchev–Trinajstić information content (AvgIpc) is 2.94. The van der Waals surface area contributed by atoms with Crippen molar-refractivity contribution >= 4 is 17.2 Å². The second kappa shape index (κ2) is 7.73. The van der Waals surface area contributed by atoms with Gasteiger partial charge < -0.3 is 10.0 Å². The molecule has 1 aromatic heterocycles. The summed E-state index contributed by atoms with van der Waals surface area (Å²) >= 11 is 1.68. The molecule has 0 radical (unpaired) electrons. The van der Waals surface area contributed by atoms with E-state index in [2.05, 4.69) is 15.9 Å². The standard InChI is InChI=1S/C14H23N3O2S/c1-15(11-13-3-2-10-20-13)14(19)12-17-6-4-16(5-7-17)8-9-18/h2-3,10,18H,4-9,11-12H2,1H3. The second-order valence-corrected chi connectivity index (χ2v) is 6.20. The largest absolute Gasteiger partial charge is 0.395 e. The van der Waals surface area contributed by atoms with Gasteiger partial charge in [0.2, 0.25) is 5.91 Å². The van der Waals surface area contributed by atoms with E-state index in [1.807, 2.05) is 18.5 Å². The van der Waals surface area contributed by atoms with E-state index >= 15 is 0 Å². The Labute approximate surface area is 124 Å². The molecule has 5 nitrogen and oxygen atoms in total. The van der Waals surface area contributed by atoms with Gasteiger partial charge in [0.05, 0.1) is 19.7 Å². The first-order valence-electron chi connectivity index (χ1n) is 7.01. The highest BCUT2D eigenvalue weighted by molar-refractivity contribution is 7.09. The Bertz CT molecular complexity index is 403. The Morgan fingerprint density at radius 2 is 2.05 bits per heavy atom. The van der Waals surface area contributed by atoms with Gasteiger partial charge in [-0.2, -0.15) is 0 Å². The highest BCUT2D eigenvalue weighted by Crippen LogP contribution is 2.11. The fourth-order valence-corrected chi connectivity index (χ4v) is 3.11. The molecular weight excluding hydrogens is 274 g/mol. The normalized spacial score (nSPS) is 17.3. The number of aliphatic hydroxyl groups excluding tert-OH is 1. The summed E-state index contributed by atoms with van der Waals surface area (Å²) in [6.45, 7) is 5.81. The SMILES string of the molecule is CN(Cc1cccs1)C(=O)CN1CCN(CCO)CC1. The van der Waals surface area contributed by atoms with Gasteiger partial charge in [-0.15, -0.1) is 11.3 Å². The molecule has 1 aromatic rings. The number of hydrogen-bond donors (Lipinski definition) is 1. The maximum Gasteiger partial charge on any atom is 0.236 e. The Morgan fingerprint density at radius 1 is 1.35 bits per heavy atom. The van der Waals surface area contributed by atoms with Gasteiger partial charge in [0.25, 0.3) is 0 Å². The molecule has 0 aromatic carbocycles. The van der Waals surface area contributed by atoms with Gasteiger partial charge in [-0.25, -0.2) is 0 Å². The number of likely N-dealkylation sites (N-methyl/N-ethyl adjacent to an activating group) is 1. The highest BCUT2D eigenvalue weighted by atomic mass is 32.1. The molecule has 2 heterocycles. The van der Waals surface area contributed by atoms with Crippen molar-refractivity contribution in [3.05, 3.63) is 22.4 Å². The Balaban J connectivity index is 1.72. The van der Waals surface area contributed by atoms with Crippen LogP contribution in [0.2, 0.25) is 0 Å². The number of β-amino-alcohol motifs (C(OH)–C–C–N with tert-alkyl or cyclic N) is 1. The van der Waals surface area contributed by atoms with Crippen molar-refractivity contribution in [2.45, 2.75) is 6.54 Å². The third-order valence-electron chi connectivity index (χ3n) is 3.64. The summed E-state index contributed by atoms with van der Waals surface area (Å²) in [6.07, 6.45) is 0. The molecule has 0 atom stereocenters. The van der Waals surface area contributed by atoms with E-state index in [1.54, 1.807) is 16.2 Å². The molecule has 1 saturated heterocycles. The number of aliphatic hydroxyl groups is 1. The summed E-state index contributed by atoms with van der Waals surface area (Å²) < 4.78 is 0. The topological polar surface area (TPSA) is 47.0 Å². The molecule has 1 amide bonds. The molecular formula is C14H23N3O2S. The highest BCUT2D eigenvalue weighted by Gasteiger charge is 2.20. The average molecular weight is 297 g/mol. The summed E-state index contributed by atoms with van der Waals surface area (Å²) in [5, 5.41) is 10.9. The molecule has 112 valence electrons. The molecule has 0 aliphatic carbocycles. The van der Waals surface area contributed by atoms with E-state index in [9.17, 15) is 4.79 Å². The van der Waals surface area contributed by atoms with E-state index in [0.29, 0.717) is 13.1 Å². The van der Waals surface area contributed by atoms with Crippen molar-refractivity contribution < 1.29 is 9.90 Å². The lowest BCUT2D eigenvalue weighted by Gasteiger charge is -2.34. The molecule has 1 N–H and O–H groups in total. The lowest BCUT2D eigenvalue weighted by atomic mass is 10.3. The second-order valence-electron chi connectivity index (χ2n) is 5.17. The van der Waals surface area contributed by atoms with Crippen molar-refractivity contribution in [3.8, 4) is 0 Å². The van der Waals surface area contributed by atoms with Crippen LogP contribution in [0.1, 0.15) is 4.88 Å². The predicted octanol–water partition coefficient (Wildman–Crippen LogP) is 0.316. The molecule has 0 unspecified atom stereocenters. The van der Waals surface area contributed by atoms with Crippen LogP contribution in [0.15, 0.2) is 17.5 Å². The summed E-state index contributed by atoms with van der Waals surface area (Å²) in [5.41, 5.74) is 0. The number of amides is 1. The summed E-state index contributed by atoms with van der Waals surface area (Å²) in [5.74, 6) is 0.175. The molecule has 0 saturated carbocycles. The van der Waals surface area contributed by atoms with Crippen LogP contribution < -0.4 is 0 Å². The number of carbonyl (C=O) groups is 1. The fraction of sp³-hybridized carbons (Fsp3) is 0.643. The minimum atomic E-state index is 0.175. The van der Waals surface area contributed by atoms with Crippen molar-refractivity contribution in [3.63, 3.8) is 0 Å². The zero-order valence-corrected chi connectivity index (χ0v) is 12.8. The van der Waals surface area contributed by atoms with Crippen molar-refractivity contribution in [2.24, 2.45) is 0 Å². The molecule has 0 spiro atoms. The van der Waals surface area contributed by atoms with Crippen molar-refractivity contribution in [1.29, 1.82) is 0 Å². The van der Waals surface area contributed by atoms with Crippen LogP contribution in [-0.2, 0) is 11.3 Å². The minimum Gasteiger partial charge on any atom is -0.395 e. The first-order valence-corrected chi connectivity index (χ1v) is 7.89. The Hall–Kier alpha value is -0.950. The van der Waals surface area contributed by atoms with Crippen LogP contribution >= 0.6 is 11.3 Å². The zero-order valence-electron chi connectivity index (χ0n) is 12.0. The smallest absolute Gasteiger partial charge is 0.236 e. The molecule has 0 bridgehead atoms. The first kappa shape index (κ1) is 15.4. The maximum absolute atomic E-state index is 12.2. The first-order chi connectivity index (χ1) is 9.69. The number of rotatable bonds is 6. The lowest BCUT2D eigenvalue weighted by Crippen LogP contribution is -2.50. The third kappa shape index (κ3) is 4.56. The summed E-state index contributed by atoms with van der Waals surface area (Å²) in [6, 6.07) is 4.07. The van der Waals surface area contributed by atoms with Gasteiger partial charge in [-0.05, 0) is 11.4 Å². The summed E-state index contributed by atoms with van der Waals surface area (Å²) in [4.78, 5) is 19.6. The predicted molar refractivity (Wildman–Crippen MR) is 80.8 cm³/mol. The number of hydrogen-bond acceptors (Lipinski definition) is 5. The van der Waals surface area contributed by atoms with Gasteiger partial charge in [0, 0.05) is 44.6 Å². The van der Waals surface area contributed by atoms with Crippen LogP contribution in [0, 0.1) is 0 Å². The van der Waals surface area contributed by atoms with E-state index in [-0.39, 0.29) is 12.5 Å². The van der Waals surface area contributed by atoms with Gasteiger partial charge in [-0.1, -0.05) is 6.07 Å². The van der Waals surface area contributed by atoms with E-state index in [1.165, 1.54) is 4.88 Å².